The van der Waals surface area contributed by atoms with Gasteiger partial charge in [0, 0.05) is 6.54 Å². The van der Waals surface area contributed by atoms with E-state index in [-0.39, 0.29) is 11.2 Å². The van der Waals surface area contributed by atoms with Gasteiger partial charge in [0.25, 0.3) is 0 Å². The maximum absolute atomic E-state index is 12.3. The van der Waals surface area contributed by atoms with Crippen LogP contribution in [0.25, 0.3) is 11.2 Å². The molecule has 1 atom stereocenters. The highest BCUT2D eigenvalue weighted by atomic mass is 32.2. The molecule has 0 bridgehead atoms. The number of H-pyrrole nitrogens is 1. The van der Waals surface area contributed by atoms with E-state index in [4.69, 9.17) is 0 Å². The molecule has 1 amide bonds. The van der Waals surface area contributed by atoms with Gasteiger partial charge >= 0.3 is 0 Å². The van der Waals surface area contributed by atoms with E-state index in [0.29, 0.717) is 28.7 Å². The highest BCUT2D eigenvalue weighted by Crippen LogP contribution is 2.22. The molecule has 3 aromatic heterocycles. The van der Waals surface area contributed by atoms with Gasteiger partial charge in [-0.1, -0.05) is 11.8 Å². The van der Waals surface area contributed by atoms with Crippen LogP contribution < -0.4 is 5.32 Å². The van der Waals surface area contributed by atoms with Crippen LogP contribution in [0.1, 0.15) is 13.8 Å². The van der Waals surface area contributed by atoms with Gasteiger partial charge in [0.1, 0.15) is 11.8 Å². The number of imidazole rings is 1. The zero-order chi connectivity index (χ0) is 15.5. The van der Waals surface area contributed by atoms with Gasteiger partial charge in [-0.15, -0.1) is 5.10 Å². The Hall–Kier alpha value is -2.56. The number of fused-ring (bicyclic) bond motifs is 1. The summed E-state index contributed by atoms with van der Waals surface area (Å²) in [5, 5.41) is 14.3. The fourth-order valence-electron chi connectivity index (χ4n) is 1.77. The fourth-order valence-corrected chi connectivity index (χ4v) is 2.62. The number of carbonyl (C=O) groups is 1. The third-order valence-corrected chi connectivity index (χ3v) is 3.99. The second-order valence-electron chi connectivity index (χ2n) is 4.35. The maximum atomic E-state index is 12.3. The van der Waals surface area contributed by atoms with Crippen LogP contribution in [-0.2, 0) is 11.3 Å². The third-order valence-electron chi connectivity index (χ3n) is 2.91. The SMILES string of the molecule is CCn1nnnc1SC(C)C(=O)Nc1ncnc2nc[nH]c12. The standard InChI is InChI=1S/C11H13N9OS/c1-3-20-11(17-18-19-20)22-6(2)10(21)16-9-7-8(13-4-12-7)14-5-15-9/h4-6H,3H2,1-2H3,(H2,12,13,14,15,16,21). The van der Waals surface area contributed by atoms with E-state index in [1.807, 2.05) is 6.92 Å². The number of aromatic nitrogens is 8. The van der Waals surface area contributed by atoms with E-state index >= 15 is 0 Å². The Balaban J connectivity index is 1.72. The fraction of sp³-hybridized carbons (Fsp3) is 0.364. The van der Waals surface area contributed by atoms with Gasteiger partial charge in [-0.3, -0.25) is 4.79 Å². The zero-order valence-electron chi connectivity index (χ0n) is 11.9. The van der Waals surface area contributed by atoms with Crippen LogP contribution >= 0.6 is 11.8 Å². The lowest BCUT2D eigenvalue weighted by molar-refractivity contribution is -0.115. The molecule has 0 saturated carbocycles. The quantitative estimate of drug-likeness (QED) is 0.650. The minimum atomic E-state index is -0.385. The number of nitrogens with one attached hydrogen (secondary N) is 2. The molecule has 0 radical (unpaired) electrons. The van der Waals surface area contributed by atoms with Crippen molar-refractivity contribution < 1.29 is 4.79 Å². The molecule has 0 aliphatic rings. The van der Waals surface area contributed by atoms with Gasteiger partial charge in [-0.05, 0) is 24.3 Å². The number of nitrogens with zero attached hydrogens (tertiary/aromatic N) is 7. The van der Waals surface area contributed by atoms with Crippen molar-refractivity contribution in [3.63, 3.8) is 0 Å². The molecular formula is C11H13N9OS. The first-order valence-electron chi connectivity index (χ1n) is 6.56. The van der Waals surface area contributed by atoms with Crippen molar-refractivity contribution in [3.05, 3.63) is 12.7 Å². The number of aryl methyl sites for hydroxylation is 1. The molecule has 22 heavy (non-hydrogen) atoms. The lowest BCUT2D eigenvalue weighted by Crippen LogP contribution is -2.23. The molecule has 2 N–H and O–H groups in total. The van der Waals surface area contributed by atoms with Crippen LogP contribution in [0.4, 0.5) is 5.82 Å². The highest BCUT2D eigenvalue weighted by Gasteiger charge is 2.19. The number of rotatable bonds is 5. The predicted octanol–water partition coefficient (Wildman–Crippen LogP) is 0.479. The van der Waals surface area contributed by atoms with Crippen molar-refractivity contribution in [1.29, 1.82) is 0 Å². The molecule has 0 spiro atoms. The van der Waals surface area contributed by atoms with Crippen LogP contribution in [-0.4, -0.2) is 51.3 Å². The molecule has 3 aromatic rings. The van der Waals surface area contributed by atoms with Gasteiger partial charge in [-0.25, -0.2) is 19.6 Å². The van der Waals surface area contributed by atoms with Crippen molar-refractivity contribution >= 4 is 34.7 Å². The van der Waals surface area contributed by atoms with Crippen LogP contribution in [0.2, 0.25) is 0 Å². The monoisotopic (exact) mass is 319 g/mol. The molecular weight excluding hydrogens is 306 g/mol. The van der Waals surface area contributed by atoms with Crippen molar-refractivity contribution in [3.8, 4) is 0 Å². The first-order chi connectivity index (χ1) is 10.7. The van der Waals surface area contributed by atoms with Crippen LogP contribution in [0, 0.1) is 0 Å². The van der Waals surface area contributed by atoms with Gasteiger partial charge in [-0.2, -0.15) is 0 Å². The smallest absolute Gasteiger partial charge is 0.238 e. The van der Waals surface area contributed by atoms with E-state index < -0.39 is 0 Å². The number of carbonyl (C=O) groups excluding carboxylic acids is 1. The minimum Gasteiger partial charge on any atom is -0.340 e. The average Bonchev–Trinajstić information content (AvgIpc) is 3.16. The topological polar surface area (TPSA) is 127 Å². The largest absolute Gasteiger partial charge is 0.340 e. The second kappa shape index (κ2) is 6.05. The first kappa shape index (κ1) is 14.4. The molecule has 0 aliphatic heterocycles. The summed E-state index contributed by atoms with van der Waals surface area (Å²) < 4.78 is 1.63. The van der Waals surface area contributed by atoms with Crippen LogP contribution in [0.3, 0.4) is 0 Å². The Bertz CT molecular complexity index is 798. The van der Waals surface area contributed by atoms with Gasteiger partial charge in [0.2, 0.25) is 11.1 Å². The molecule has 1 unspecified atom stereocenters. The first-order valence-corrected chi connectivity index (χ1v) is 7.44. The van der Waals surface area contributed by atoms with E-state index in [0.717, 1.165) is 0 Å². The van der Waals surface area contributed by atoms with Crippen molar-refractivity contribution in [1.82, 2.24) is 40.1 Å². The second-order valence-corrected chi connectivity index (χ2v) is 5.66. The summed E-state index contributed by atoms with van der Waals surface area (Å²) >= 11 is 1.28. The van der Waals surface area contributed by atoms with Gasteiger partial charge < -0.3 is 10.3 Å². The Morgan fingerprint density at radius 1 is 1.45 bits per heavy atom. The molecule has 0 fully saturated rings. The molecule has 11 heteroatoms. The van der Waals surface area contributed by atoms with Crippen LogP contribution in [0.5, 0.6) is 0 Å². The third kappa shape index (κ3) is 2.74. The highest BCUT2D eigenvalue weighted by molar-refractivity contribution is 8.00. The minimum absolute atomic E-state index is 0.203. The van der Waals surface area contributed by atoms with Crippen molar-refractivity contribution in [2.24, 2.45) is 0 Å². The predicted molar refractivity (Wildman–Crippen MR) is 79.1 cm³/mol. The molecule has 0 aliphatic carbocycles. The summed E-state index contributed by atoms with van der Waals surface area (Å²) in [4.78, 5) is 27.3. The molecule has 0 saturated heterocycles. The zero-order valence-corrected chi connectivity index (χ0v) is 12.7. The lowest BCUT2D eigenvalue weighted by atomic mass is 10.4. The summed E-state index contributed by atoms with van der Waals surface area (Å²) in [5.41, 5.74) is 1.09. The van der Waals surface area contributed by atoms with Crippen LogP contribution in [0.15, 0.2) is 17.8 Å². The van der Waals surface area contributed by atoms with E-state index in [9.17, 15) is 4.79 Å². The average molecular weight is 319 g/mol. The summed E-state index contributed by atoms with van der Waals surface area (Å²) in [6, 6.07) is 0. The maximum Gasteiger partial charge on any atom is 0.238 e. The van der Waals surface area contributed by atoms with E-state index in [1.54, 1.807) is 11.6 Å². The number of amides is 1. The van der Waals surface area contributed by atoms with E-state index in [1.165, 1.54) is 24.4 Å². The van der Waals surface area contributed by atoms with E-state index in [2.05, 4.69) is 40.8 Å². The number of aromatic amines is 1. The summed E-state index contributed by atoms with van der Waals surface area (Å²) in [6.45, 7) is 4.35. The number of anilines is 1. The van der Waals surface area contributed by atoms with Crippen molar-refractivity contribution in [2.75, 3.05) is 5.32 Å². The van der Waals surface area contributed by atoms with Gasteiger partial charge in [0.15, 0.2) is 11.5 Å². The normalized spacial score (nSPS) is 12.5. The molecule has 3 rings (SSSR count). The summed E-state index contributed by atoms with van der Waals surface area (Å²) in [6.07, 6.45) is 2.86. The lowest BCUT2D eigenvalue weighted by Gasteiger charge is -2.10. The number of thioether (sulfide) groups is 1. The molecule has 114 valence electrons. The number of hydrogen-bond donors (Lipinski definition) is 2. The Kier molecular flexibility index (Phi) is 3.96. The number of tetrazole rings is 1. The van der Waals surface area contributed by atoms with Crippen molar-refractivity contribution in [2.45, 2.75) is 30.8 Å². The Morgan fingerprint density at radius 3 is 3.14 bits per heavy atom. The summed E-state index contributed by atoms with van der Waals surface area (Å²) in [7, 11) is 0. The summed E-state index contributed by atoms with van der Waals surface area (Å²) in [5.74, 6) is 0.195. The number of hydrogen-bond acceptors (Lipinski definition) is 8. The molecule has 0 aromatic carbocycles. The Labute approximate surface area is 129 Å². The van der Waals surface area contributed by atoms with Gasteiger partial charge in [0.05, 0.1) is 11.6 Å². The molecule has 10 nitrogen and oxygen atoms in total. The molecule has 3 heterocycles. The Morgan fingerprint density at radius 2 is 2.32 bits per heavy atom.